The fraction of sp³-hybridized carbons (Fsp3) is 0.500. The van der Waals surface area contributed by atoms with Gasteiger partial charge in [-0.15, -0.1) is 0 Å². The Morgan fingerprint density at radius 2 is 2.33 bits per heavy atom. The first-order valence-corrected chi connectivity index (χ1v) is 5.13. The summed E-state index contributed by atoms with van der Waals surface area (Å²) in [7, 11) is 0. The van der Waals surface area contributed by atoms with Crippen LogP contribution in [-0.2, 0) is 11.2 Å². The number of amides is 1. The molecule has 15 heavy (non-hydrogen) atoms. The van der Waals surface area contributed by atoms with Crippen molar-refractivity contribution in [2.45, 2.75) is 19.3 Å². The van der Waals surface area contributed by atoms with Crippen LogP contribution in [-0.4, -0.2) is 27.6 Å². The van der Waals surface area contributed by atoms with Crippen LogP contribution in [0.4, 0.5) is 0 Å². The molecule has 1 aromatic rings. The molecule has 5 nitrogen and oxygen atoms in total. The van der Waals surface area contributed by atoms with Crippen LogP contribution in [0.15, 0.2) is 18.5 Å². The van der Waals surface area contributed by atoms with Crippen molar-refractivity contribution >= 4 is 5.91 Å². The first kappa shape index (κ1) is 9.89. The predicted octanol–water partition coefficient (Wildman–Crippen LogP) is 0.430. The van der Waals surface area contributed by atoms with Crippen LogP contribution in [0.25, 0.3) is 0 Å². The van der Waals surface area contributed by atoms with E-state index in [0.29, 0.717) is 13.0 Å². The number of aromatic nitrogens is 3. The van der Waals surface area contributed by atoms with Gasteiger partial charge in [0.15, 0.2) is 0 Å². The van der Waals surface area contributed by atoms with E-state index in [1.165, 1.54) is 6.33 Å². The molecule has 0 bridgehead atoms. The average Bonchev–Trinajstić information content (AvgIpc) is 2.90. The van der Waals surface area contributed by atoms with E-state index in [1.807, 2.05) is 0 Å². The lowest BCUT2D eigenvalue weighted by atomic mass is 10.1. The fourth-order valence-corrected chi connectivity index (χ4v) is 1.63. The third-order valence-electron chi connectivity index (χ3n) is 2.50. The normalized spacial score (nSPS) is 15.7. The summed E-state index contributed by atoms with van der Waals surface area (Å²) in [5.74, 6) is 1.08. The van der Waals surface area contributed by atoms with E-state index in [0.717, 1.165) is 18.7 Å². The largest absolute Gasteiger partial charge is 0.355 e. The van der Waals surface area contributed by atoms with Gasteiger partial charge in [-0.1, -0.05) is 12.2 Å². The SMILES string of the molecule is O=C(NCCc1ncn[nH]1)C1CC=CC1. The van der Waals surface area contributed by atoms with Crippen molar-refractivity contribution in [1.29, 1.82) is 0 Å². The zero-order valence-electron chi connectivity index (χ0n) is 8.44. The van der Waals surface area contributed by atoms with Crippen molar-refractivity contribution in [2.24, 2.45) is 5.92 Å². The van der Waals surface area contributed by atoms with Gasteiger partial charge in [0.25, 0.3) is 0 Å². The molecule has 0 atom stereocenters. The van der Waals surface area contributed by atoms with Crippen LogP contribution in [0.5, 0.6) is 0 Å². The number of allylic oxidation sites excluding steroid dienone is 2. The van der Waals surface area contributed by atoms with E-state index in [4.69, 9.17) is 0 Å². The second kappa shape index (κ2) is 4.72. The molecule has 0 fully saturated rings. The van der Waals surface area contributed by atoms with Gasteiger partial charge in [0, 0.05) is 18.9 Å². The third kappa shape index (κ3) is 2.65. The summed E-state index contributed by atoms with van der Waals surface area (Å²) in [4.78, 5) is 15.6. The van der Waals surface area contributed by atoms with Gasteiger partial charge in [-0.05, 0) is 12.8 Å². The summed E-state index contributed by atoms with van der Waals surface area (Å²) in [6.07, 6.45) is 8.02. The molecule has 0 unspecified atom stereocenters. The van der Waals surface area contributed by atoms with E-state index in [-0.39, 0.29) is 11.8 Å². The number of H-pyrrole nitrogens is 1. The number of nitrogens with zero attached hydrogens (tertiary/aromatic N) is 2. The van der Waals surface area contributed by atoms with Gasteiger partial charge in [-0.25, -0.2) is 4.98 Å². The number of carbonyl (C=O) groups is 1. The Morgan fingerprint density at radius 1 is 1.53 bits per heavy atom. The monoisotopic (exact) mass is 206 g/mol. The molecule has 0 saturated carbocycles. The van der Waals surface area contributed by atoms with Crippen LogP contribution >= 0.6 is 0 Å². The van der Waals surface area contributed by atoms with E-state index in [2.05, 4.69) is 32.7 Å². The number of carbonyl (C=O) groups excluding carboxylic acids is 1. The molecule has 1 aliphatic carbocycles. The lowest BCUT2D eigenvalue weighted by Gasteiger charge is -2.09. The first-order valence-electron chi connectivity index (χ1n) is 5.13. The summed E-state index contributed by atoms with van der Waals surface area (Å²) in [5, 5.41) is 9.39. The summed E-state index contributed by atoms with van der Waals surface area (Å²) < 4.78 is 0. The summed E-state index contributed by atoms with van der Waals surface area (Å²) >= 11 is 0. The minimum Gasteiger partial charge on any atom is -0.355 e. The Bertz CT molecular complexity index is 336. The summed E-state index contributed by atoms with van der Waals surface area (Å²) in [6, 6.07) is 0. The number of hydrogen-bond donors (Lipinski definition) is 2. The molecular formula is C10H14N4O. The molecule has 5 heteroatoms. The predicted molar refractivity (Wildman–Crippen MR) is 55.0 cm³/mol. The molecule has 80 valence electrons. The van der Waals surface area contributed by atoms with E-state index in [1.54, 1.807) is 0 Å². The molecule has 0 radical (unpaired) electrons. The molecule has 1 heterocycles. The summed E-state index contributed by atoms with van der Waals surface area (Å²) in [5.41, 5.74) is 0. The zero-order valence-corrected chi connectivity index (χ0v) is 8.44. The van der Waals surface area contributed by atoms with Gasteiger partial charge in [-0.3, -0.25) is 9.89 Å². The first-order chi connectivity index (χ1) is 7.36. The van der Waals surface area contributed by atoms with Crippen molar-refractivity contribution in [3.05, 3.63) is 24.3 Å². The minimum atomic E-state index is 0.138. The van der Waals surface area contributed by atoms with E-state index >= 15 is 0 Å². The topological polar surface area (TPSA) is 70.7 Å². The number of aromatic amines is 1. The number of nitrogens with one attached hydrogen (secondary N) is 2. The van der Waals surface area contributed by atoms with E-state index in [9.17, 15) is 4.79 Å². The molecule has 0 saturated heterocycles. The Hall–Kier alpha value is -1.65. The van der Waals surface area contributed by atoms with Crippen molar-refractivity contribution in [2.75, 3.05) is 6.54 Å². The van der Waals surface area contributed by atoms with Gasteiger partial charge in [0.2, 0.25) is 5.91 Å². The molecule has 1 aliphatic rings. The molecular weight excluding hydrogens is 192 g/mol. The standard InChI is InChI=1S/C10H14N4O/c15-10(8-3-1-2-4-8)11-6-5-9-12-7-13-14-9/h1-2,7-8H,3-6H2,(H,11,15)(H,12,13,14). The Balaban J connectivity index is 1.67. The summed E-state index contributed by atoms with van der Waals surface area (Å²) in [6.45, 7) is 0.616. The van der Waals surface area contributed by atoms with Gasteiger partial charge >= 0.3 is 0 Å². The van der Waals surface area contributed by atoms with Crippen molar-refractivity contribution < 1.29 is 4.79 Å². The second-order valence-corrected chi connectivity index (χ2v) is 3.61. The highest BCUT2D eigenvalue weighted by Gasteiger charge is 2.18. The van der Waals surface area contributed by atoms with E-state index < -0.39 is 0 Å². The minimum absolute atomic E-state index is 0.138. The van der Waals surface area contributed by atoms with Gasteiger partial charge in [0.1, 0.15) is 12.2 Å². The third-order valence-corrected chi connectivity index (χ3v) is 2.50. The van der Waals surface area contributed by atoms with Crippen molar-refractivity contribution in [3.8, 4) is 0 Å². The zero-order chi connectivity index (χ0) is 10.5. The second-order valence-electron chi connectivity index (χ2n) is 3.61. The van der Waals surface area contributed by atoms with Gasteiger partial charge in [-0.2, -0.15) is 5.10 Å². The van der Waals surface area contributed by atoms with Crippen LogP contribution < -0.4 is 5.32 Å². The van der Waals surface area contributed by atoms with Gasteiger partial charge in [0.05, 0.1) is 0 Å². The highest BCUT2D eigenvalue weighted by molar-refractivity contribution is 5.79. The van der Waals surface area contributed by atoms with Crippen LogP contribution in [0.2, 0.25) is 0 Å². The molecule has 1 aromatic heterocycles. The molecule has 0 aromatic carbocycles. The Labute approximate surface area is 88.0 Å². The average molecular weight is 206 g/mol. The molecule has 2 N–H and O–H groups in total. The van der Waals surface area contributed by atoms with Crippen molar-refractivity contribution in [1.82, 2.24) is 20.5 Å². The molecule has 1 amide bonds. The maximum absolute atomic E-state index is 11.6. The van der Waals surface area contributed by atoms with Crippen LogP contribution in [0.1, 0.15) is 18.7 Å². The highest BCUT2D eigenvalue weighted by Crippen LogP contribution is 2.17. The number of rotatable bonds is 4. The lowest BCUT2D eigenvalue weighted by Crippen LogP contribution is -2.31. The van der Waals surface area contributed by atoms with Crippen molar-refractivity contribution in [3.63, 3.8) is 0 Å². The fourth-order valence-electron chi connectivity index (χ4n) is 1.63. The lowest BCUT2D eigenvalue weighted by molar-refractivity contribution is -0.124. The molecule has 0 spiro atoms. The maximum Gasteiger partial charge on any atom is 0.223 e. The molecule has 0 aliphatic heterocycles. The molecule has 2 rings (SSSR count). The highest BCUT2D eigenvalue weighted by atomic mass is 16.1. The van der Waals surface area contributed by atoms with Gasteiger partial charge < -0.3 is 5.32 Å². The van der Waals surface area contributed by atoms with Crippen LogP contribution in [0, 0.1) is 5.92 Å². The van der Waals surface area contributed by atoms with Crippen LogP contribution in [0.3, 0.4) is 0 Å². The maximum atomic E-state index is 11.6. The number of hydrogen-bond acceptors (Lipinski definition) is 3. The Kier molecular flexibility index (Phi) is 3.11. The smallest absolute Gasteiger partial charge is 0.223 e. The Morgan fingerprint density at radius 3 is 3.00 bits per heavy atom. The quantitative estimate of drug-likeness (QED) is 0.702.